The third-order valence-corrected chi connectivity index (χ3v) is 8.58. The van der Waals surface area contributed by atoms with Crippen molar-refractivity contribution in [2.75, 3.05) is 51.2 Å². The van der Waals surface area contributed by atoms with E-state index in [0.29, 0.717) is 24.0 Å². The maximum absolute atomic E-state index is 13.4. The molecule has 12 heteroatoms. The maximum atomic E-state index is 13.4. The fraction of sp³-hybridized carbons (Fsp3) is 0.517. The molecule has 0 aliphatic carbocycles. The van der Waals surface area contributed by atoms with Crippen molar-refractivity contribution in [3.63, 3.8) is 0 Å². The number of tetrazole rings is 1. The average molecular weight is 630 g/mol. The van der Waals surface area contributed by atoms with Crippen LogP contribution in [-0.2, 0) is 13.5 Å². The highest BCUT2D eigenvalue weighted by Crippen LogP contribution is 2.27. The highest BCUT2D eigenvalue weighted by Gasteiger charge is 2.33. The van der Waals surface area contributed by atoms with Gasteiger partial charge in [-0.25, -0.2) is 13.9 Å². The molecule has 0 saturated carbocycles. The zero-order chi connectivity index (χ0) is 28.8. The molecule has 3 aromatic rings. The number of hydrogen-bond acceptors (Lipinski definition) is 7. The highest BCUT2D eigenvalue weighted by molar-refractivity contribution is 9.10. The summed E-state index contributed by atoms with van der Waals surface area (Å²) in [6, 6.07) is 12.2. The Morgan fingerprint density at radius 1 is 1.12 bits per heavy atom. The van der Waals surface area contributed by atoms with Crippen LogP contribution in [0, 0.1) is 17.7 Å². The van der Waals surface area contributed by atoms with E-state index in [2.05, 4.69) is 51.9 Å². The summed E-state index contributed by atoms with van der Waals surface area (Å²) in [5.74, 6) is 1.16. The first kappa shape index (κ1) is 29.6. The van der Waals surface area contributed by atoms with E-state index in [1.54, 1.807) is 11.7 Å². The number of aromatic nitrogens is 4. The van der Waals surface area contributed by atoms with Gasteiger partial charge in [0.15, 0.2) is 5.82 Å². The Hall–Kier alpha value is -2.93. The fourth-order valence-electron chi connectivity index (χ4n) is 6.20. The van der Waals surface area contributed by atoms with E-state index < -0.39 is 0 Å². The SMILES string of the molecule is Cn1nnnc1-c1cc(Br)cc(NC(=O)N[C@@H]2CCN(CCO)C[C@H]2CN2CCC[C@@H](Cc3ccc(F)cc3)C2)c1. The average Bonchev–Trinajstić information content (AvgIpc) is 3.37. The van der Waals surface area contributed by atoms with E-state index in [1.807, 2.05) is 30.3 Å². The molecule has 2 aliphatic heterocycles. The third kappa shape index (κ3) is 8.09. The Morgan fingerprint density at radius 2 is 1.95 bits per heavy atom. The molecule has 220 valence electrons. The van der Waals surface area contributed by atoms with Gasteiger partial charge in [-0.15, -0.1) is 5.10 Å². The molecule has 2 saturated heterocycles. The second kappa shape index (κ2) is 13.8. The monoisotopic (exact) mass is 628 g/mol. The molecule has 0 spiro atoms. The number of aliphatic hydroxyl groups excluding tert-OH is 1. The molecule has 41 heavy (non-hydrogen) atoms. The number of aryl methyl sites for hydroxylation is 1. The molecule has 0 unspecified atom stereocenters. The molecule has 0 bridgehead atoms. The molecule has 0 radical (unpaired) electrons. The van der Waals surface area contributed by atoms with Crippen LogP contribution < -0.4 is 10.6 Å². The second-order valence-electron chi connectivity index (χ2n) is 11.2. The summed E-state index contributed by atoms with van der Waals surface area (Å²) in [5.41, 5.74) is 2.61. The lowest BCUT2D eigenvalue weighted by molar-refractivity contribution is 0.0760. The summed E-state index contributed by atoms with van der Waals surface area (Å²) < 4.78 is 15.8. The smallest absolute Gasteiger partial charge is 0.319 e. The molecule has 2 fully saturated rings. The molecule has 3 heterocycles. The Labute approximate surface area is 248 Å². The molecule has 5 rings (SSSR count). The van der Waals surface area contributed by atoms with Crippen molar-refractivity contribution >= 4 is 27.6 Å². The van der Waals surface area contributed by atoms with Crippen molar-refractivity contribution in [1.29, 1.82) is 0 Å². The number of carbonyl (C=O) groups is 1. The molecule has 3 N–H and O–H groups in total. The normalized spacial score (nSPS) is 22.0. The van der Waals surface area contributed by atoms with Gasteiger partial charge >= 0.3 is 6.03 Å². The van der Waals surface area contributed by atoms with Crippen molar-refractivity contribution in [3.05, 3.63) is 58.3 Å². The minimum atomic E-state index is -0.247. The summed E-state index contributed by atoms with van der Waals surface area (Å²) in [4.78, 5) is 18.0. The molecular weight excluding hydrogens is 591 g/mol. The van der Waals surface area contributed by atoms with E-state index in [4.69, 9.17) is 0 Å². The first-order valence-corrected chi connectivity index (χ1v) is 15.1. The van der Waals surface area contributed by atoms with Crippen molar-refractivity contribution in [2.24, 2.45) is 18.9 Å². The zero-order valence-electron chi connectivity index (χ0n) is 23.3. The van der Waals surface area contributed by atoms with E-state index in [0.717, 1.165) is 68.4 Å². The van der Waals surface area contributed by atoms with Gasteiger partial charge in [-0.3, -0.25) is 0 Å². The minimum absolute atomic E-state index is 0.0111. The number of hydrogen-bond donors (Lipinski definition) is 3. The maximum Gasteiger partial charge on any atom is 0.319 e. The topological polar surface area (TPSA) is 111 Å². The van der Waals surface area contributed by atoms with Crippen LogP contribution in [0.3, 0.4) is 0 Å². The van der Waals surface area contributed by atoms with Crippen LogP contribution in [0.4, 0.5) is 14.9 Å². The van der Waals surface area contributed by atoms with Crippen LogP contribution in [0.5, 0.6) is 0 Å². The van der Waals surface area contributed by atoms with Crippen LogP contribution in [-0.4, -0.2) is 93.1 Å². The van der Waals surface area contributed by atoms with Crippen LogP contribution in [0.2, 0.25) is 0 Å². The quantitative estimate of drug-likeness (QED) is 0.332. The van der Waals surface area contributed by atoms with E-state index in [9.17, 15) is 14.3 Å². The lowest BCUT2D eigenvalue weighted by atomic mass is 9.88. The lowest BCUT2D eigenvalue weighted by Crippen LogP contribution is -2.56. The number of nitrogens with zero attached hydrogens (tertiary/aromatic N) is 6. The number of likely N-dealkylation sites (tertiary alicyclic amines) is 2. The van der Waals surface area contributed by atoms with Crippen LogP contribution in [0.15, 0.2) is 46.9 Å². The molecule has 2 aromatic carbocycles. The van der Waals surface area contributed by atoms with Gasteiger partial charge in [0.05, 0.1) is 6.61 Å². The molecule has 2 aliphatic rings. The second-order valence-corrected chi connectivity index (χ2v) is 12.1. The number of piperidine rings is 2. The highest BCUT2D eigenvalue weighted by atomic mass is 79.9. The van der Waals surface area contributed by atoms with E-state index >= 15 is 0 Å². The molecule has 2 amide bonds. The van der Waals surface area contributed by atoms with Crippen LogP contribution in [0.25, 0.3) is 11.4 Å². The third-order valence-electron chi connectivity index (χ3n) is 8.12. The lowest BCUT2D eigenvalue weighted by Gasteiger charge is -2.42. The van der Waals surface area contributed by atoms with E-state index in [1.165, 1.54) is 17.7 Å². The first-order valence-electron chi connectivity index (χ1n) is 14.3. The van der Waals surface area contributed by atoms with Gasteiger partial charge in [0, 0.05) is 67.5 Å². The number of anilines is 1. The van der Waals surface area contributed by atoms with Gasteiger partial charge in [-0.2, -0.15) is 0 Å². The van der Waals surface area contributed by atoms with Crippen molar-refractivity contribution in [1.82, 2.24) is 35.3 Å². The fourth-order valence-corrected chi connectivity index (χ4v) is 6.69. The summed E-state index contributed by atoms with van der Waals surface area (Å²) in [6.45, 7) is 5.33. The predicted octanol–water partition coefficient (Wildman–Crippen LogP) is 3.54. The van der Waals surface area contributed by atoms with Gasteiger partial charge in [-0.1, -0.05) is 28.1 Å². The standard InChI is InChI=1S/C29H38BrFN8O2/c1-37-28(34-35-36-37)22-14-24(30)16-26(15-22)32-29(41)33-27-8-10-38(11-12-40)18-23(27)19-39-9-2-3-21(17-39)13-20-4-6-25(31)7-5-20/h4-7,14-16,21,23,27,40H,2-3,8-13,17-19H2,1H3,(H2,32,33,41)/t21-,23-,27+/m0/s1. The number of carbonyl (C=O) groups excluding carboxylic acids is 1. The predicted molar refractivity (Wildman–Crippen MR) is 159 cm³/mol. The van der Waals surface area contributed by atoms with E-state index in [-0.39, 0.29) is 30.4 Å². The number of aliphatic hydroxyl groups is 1. The summed E-state index contributed by atoms with van der Waals surface area (Å²) >= 11 is 3.53. The number of nitrogens with one attached hydrogen (secondary N) is 2. The zero-order valence-corrected chi connectivity index (χ0v) is 24.9. The summed E-state index contributed by atoms with van der Waals surface area (Å²) in [6.07, 6.45) is 4.06. The Bertz CT molecular complexity index is 1310. The number of benzene rings is 2. The summed E-state index contributed by atoms with van der Waals surface area (Å²) in [7, 11) is 1.77. The first-order chi connectivity index (χ1) is 19.9. The number of halogens is 2. The number of β-amino-alcohol motifs (C(OH)–C–C–N with tert-alkyl or cyclic N) is 1. The Kier molecular flexibility index (Phi) is 9.97. The van der Waals surface area contributed by atoms with Gasteiger partial charge < -0.3 is 25.5 Å². The van der Waals surface area contributed by atoms with Crippen molar-refractivity contribution in [2.45, 2.75) is 31.7 Å². The number of urea groups is 1. The molecule has 1 aromatic heterocycles. The van der Waals surface area contributed by atoms with Gasteiger partial charge in [0.1, 0.15) is 5.82 Å². The summed E-state index contributed by atoms with van der Waals surface area (Å²) in [5, 5.41) is 27.5. The Balaban J connectivity index is 1.22. The van der Waals surface area contributed by atoms with Gasteiger partial charge in [-0.05, 0) is 84.5 Å². The van der Waals surface area contributed by atoms with Crippen molar-refractivity contribution in [3.8, 4) is 11.4 Å². The minimum Gasteiger partial charge on any atom is -0.395 e. The van der Waals surface area contributed by atoms with Gasteiger partial charge in [0.25, 0.3) is 0 Å². The molecular formula is C29H38BrFN8O2. The number of rotatable bonds is 9. The molecule has 3 atom stereocenters. The number of amides is 2. The van der Waals surface area contributed by atoms with Gasteiger partial charge in [0.2, 0.25) is 0 Å². The largest absolute Gasteiger partial charge is 0.395 e. The van der Waals surface area contributed by atoms with Crippen LogP contribution in [0.1, 0.15) is 24.8 Å². The Morgan fingerprint density at radius 3 is 2.71 bits per heavy atom. The van der Waals surface area contributed by atoms with Crippen LogP contribution >= 0.6 is 15.9 Å². The van der Waals surface area contributed by atoms with Crippen molar-refractivity contribution < 1.29 is 14.3 Å². The molecule has 10 nitrogen and oxygen atoms in total.